The molecule has 0 atom stereocenters. The summed E-state index contributed by atoms with van der Waals surface area (Å²) in [5.41, 5.74) is 1.55. The monoisotopic (exact) mass is 305 g/mol. The molecule has 0 spiro atoms. The van der Waals surface area contributed by atoms with Gasteiger partial charge in [0, 0.05) is 0 Å². The number of esters is 1. The topological polar surface area (TPSA) is 69.4 Å². The van der Waals surface area contributed by atoms with Crippen molar-refractivity contribution in [3.63, 3.8) is 0 Å². The summed E-state index contributed by atoms with van der Waals surface area (Å²) in [6.45, 7) is 2.13. The van der Waals surface area contributed by atoms with Crippen LogP contribution in [0.15, 0.2) is 35.7 Å². The van der Waals surface area contributed by atoms with E-state index in [0.717, 1.165) is 30.6 Å². The van der Waals surface area contributed by atoms with Crippen LogP contribution in [0.5, 0.6) is 5.06 Å². The number of ether oxygens (including phenoxy) is 1. The minimum Gasteiger partial charge on any atom is -0.412 e. The Kier molecular flexibility index (Phi) is 5.05. The Hall–Kier alpha value is -2.21. The number of unbranched alkanes of at least 4 members (excludes halogenated alkanes) is 1. The smallest absolute Gasteiger partial charge is 0.344 e. The Bertz CT molecular complexity index is 633. The normalized spacial score (nSPS) is 10.3. The highest BCUT2D eigenvalue weighted by Gasteiger charge is 2.14. The zero-order valence-corrected chi connectivity index (χ0v) is 12.4. The second-order valence-corrected chi connectivity index (χ2v) is 5.44. The number of aryl methyl sites for hydroxylation is 1. The van der Waals surface area contributed by atoms with Gasteiger partial charge in [0.2, 0.25) is 0 Å². The molecule has 0 bridgehead atoms. The van der Waals surface area contributed by atoms with E-state index < -0.39 is 10.9 Å². The standard InChI is InChI=1S/C15H15NO4S/c1-2-3-4-11-5-7-12(8-6-11)15(17)20-14-9-13(10-21-14)16(18)19/h5-10H,2-4H2,1H3. The predicted molar refractivity (Wildman–Crippen MR) is 81.0 cm³/mol. The first-order valence-corrected chi connectivity index (χ1v) is 7.52. The van der Waals surface area contributed by atoms with Gasteiger partial charge in [-0.1, -0.05) is 36.8 Å². The lowest BCUT2D eigenvalue weighted by Gasteiger charge is -2.03. The van der Waals surface area contributed by atoms with Crippen molar-refractivity contribution < 1.29 is 14.5 Å². The fourth-order valence-corrected chi connectivity index (χ4v) is 2.50. The van der Waals surface area contributed by atoms with Crippen LogP contribution in [0, 0.1) is 10.1 Å². The maximum absolute atomic E-state index is 11.9. The fourth-order valence-electron chi connectivity index (χ4n) is 1.80. The molecule has 0 aliphatic heterocycles. The molecule has 1 aromatic carbocycles. The molecule has 0 unspecified atom stereocenters. The van der Waals surface area contributed by atoms with Crippen molar-refractivity contribution in [2.24, 2.45) is 0 Å². The molecule has 0 N–H and O–H groups in total. The third-order valence-electron chi connectivity index (χ3n) is 2.97. The van der Waals surface area contributed by atoms with E-state index in [4.69, 9.17) is 4.74 Å². The molecule has 2 aromatic rings. The molecule has 0 saturated carbocycles. The molecule has 0 aliphatic rings. The number of nitro groups is 1. The van der Waals surface area contributed by atoms with E-state index in [0.29, 0.717) is 5.56 Å². The van der Waals surface area contributed by atoms with Gasteiger partial charge >= 0.3 is 5.97 Å². The SMILES string of the molecule is CCCCc1ccc(C(=O)Oc2cc([N+](=O)[O-])cs2)cc1. The van der Waals surface area contributed by atoms with Crippen molar-refractivity contribution in [2.75, 3.05) is 0 Å². The van der Waals surface area contributed by atoms with E-state index in [9.17, 15) is 14.9 Å². The van der Waals surface area contributed by atoms with Gasteiger partial charge in [-0.15, -0.1) is 0 Å². The number of hydrogen-bond donors (Lipinski definition) is 0. The van der Waals surface area contributed by atoms with Crippen LogP contribution in [0.2, 0.25) is 0 Å². The quantitative estimate of drug-likeness (QED) is 0.455. The van der Waals surface area contributed by atoms with Crippen molar-refractivity contribution >= 4 is 23.0 Å². The Morgan fingerprint density at radius 2 is 2.05 bits per heavy atom. The van der Waals surface area contributed by atoms with E-state index in [1.807, 2.05) is 12.1 Å². The van der Waals surface area contributed by atoms with Gasteiger partial charge in [0.05, 0.1) is 21.9 Å². The summed E-state index contributed by atoms with van der Waals surface area (Å²) in [5, 5.41) is 12.1. The van der Waals surface area contributed by atoms with E-state index in [2.05, 4.69) is 6.92 Å². The molecule has 1 aromatic heterocycles. The van der Waals surface area contributed by atoms with Gasteiger partial charge < -0.3 is 4.74 Å². The predicted octanol–water partition coefficient (Wildman–Crippen LogP) is 4.22. The number of carbonyl (C=O) groups is 1. The minimum absolute atomic E-state index is 0.0716. The van der Waals surface area contributed by atoms with Gasteiger partial charge in [-0.3, -0.25) is 10.1 Å². The molecule has 0 aliphatic carbocycles. The molecule has 0 fully saturated rings. The van der Waals surface area contributed by atoms with Crippen molar-refractivity contribution in [3.05, 3.63) is 57.0 Å². The molecule has 1 heterocycles. The summed E-state index contributed by atoms with van der Waals surface area (Å²) in [4.78, 5) is 22.0. The van der Waals surface area contributed by atoms with Crippen LogP contribution in [0.3, 0.4) is 0 Å². The van der Waals surface area contributed by atoms with Gasteiger partial charge in [0.15, 0.2) is 5.06 Å². The third-order valence-corrected chi connectivity index (χ3v) is 3.77. The van der Waals surface area contributed by atoms with Crippen LogP contribution in [0.1, 0.15) is 35.7 Å². The van der Waals surface area contributed by atoms with E-state index in [1.165, 1.54) is 17.0 Å². The Balaban J connectivity index is 2.00. The fraction of sp³-hybridized carbons (Fsp3) is 0.267. The summed E-state index contributed by atoms with van der Waals surface area (Å²) >= 11 is 1.03. The summed E-state index contributed by atoms with van der Waals surface area (Å²) in [6.07, 6.45) is 3.23. The number of carbonyl (C=O) groups excluding carboxylic acids is 1. The summed E-state index contributed by atoms with van der Waals surface area (Å²) in [5.74, 6) is -0.506. The summed E-state index contributed by atoms with van der Waals surface area (Å²) < 4.78 is 5.13. The second-order valence-electron chi connectivity index (χ2n) is 4.57. The van der Waals surface area contributed by atoms with Gasteiger partial charge in [0.25, 0.3) is 5.69 Å². The lowest BCUT2D eigenvalue weighted by atomic mass is 10.1. The third kappa shape index (κ3) is 4.13. The summed E-state index contributed by atoms with van der Waals surface area (Å²) in [7, 11) is 0. The van der Waals surface area contributed by atoms with Crippen LogP contribution in [-0.4, -0.2) is 10.9 Å². The molecule has 110 valence electrons. The first kappa shape index (κ1) is 15.2. The second kappa shape index (κ2) is 6.99. The van der Waals surface area contributed by atoms with Gasteiger partial charge in [-0.25, -0.2) is 4.79 Å². The Morgan fingerprint density at radius 1 is 1.33 bits per heavy atom. The van der Waals surface area contributed by atoms with Crippen LogP contribution in [-0.2, 0) is 6.42 Å². The highest BCUT2D eigenvalue weighted by atomic mass is 32.1. The first-order valence-electron chi connectivity index (χ1n) is 6.64. The molecule has 2 rings (SSSR count). The van der Waals surface area contributed by atoms with E-state index >= 15 is 0 Å². The number of rotatable bonds is 6. The number of thiophene rings is 1. The molecule has 0 saturated heterocycles. The highest BCUT2D eigenvalue weighted by Crippen LogP contribution is 2.28. The van der Waals surface area contributed by atoms with Crippen molar-refractivity contribution in [1.29, 1.82) is 0 Å². The number of benzene rings is 1. The van der Waals surface area contributed by atoms with Gasteiger partial charge in [-0.05, 0) is 30.5 Å². The Labute approximate surface area is 126 Å². The molecule has 0 radical (unpaired) electrons. The van der Waals surface area contributed by atoms with Crippen molar-refractivity contribution in [1.82, 2.24) is 0 Å². The van der Waals surface area contributed by atoms with Gasteiger partial charge in [0.1, 0.15) is 0 Å². The minimum atomic E-state index is -0.517. The van der Waals surface area contributed by atoms with E-state index in [1.54, 1.807) is 12.1 Å². The molecule has 5 nitrogen and oxygen atoms in total. The zero-order chi connectivity index (χ0) is 15.2. The lowest BCUT2D eigenvalue weighted by molar-refractivity contribution is -0.384. The molecule has 6 heteroatoms. The van der Waals surface area contributed by atoms with Crippen molar-refractivity contribution in [3.8, 4) is 5.06 Å². The number of hydrogen-bond acceptors (Lipinski definition) is 5. The Morgan fingerprint density at radius 3 is 2.62 bits per heavy atom. The van der Waals surface area contributed by atoms with Crippen LogP contribution < -0.4 is 4.74 Å². The van der Waals surface area contributed by atoms with Crippen LogP contribution in [0.25, 0.3) is 0 Å². The van der Waals surface area contributed by atoms with E-state index in [-0.39, 0.29) is 10.8 Å². The average molecular weight is 305 g/mol. The molecular formula is C15H15NO4S. The number of nitrogens with zero attached hydrogens (tertiary/aromatic N) is 1. The maximum Gasteiger partial charge on any atom is 0.344 e. The van der Waals surface area contributed by atoms with Crippen LogP contribution >= 0.6 is 11.3 Å². The van der Waals surface area contributed by atoms with Crippen molar-refractivity contribution in [2.45, 2.75) is 26.2 Å². The average Bonchev–Trinajstić information content (AvgIpc) is 2.94. The summed E-state index contributed by atoms with van der Waals surface area (Å²) in [6, 6.07) is 8.50. The molecular weight excluding hydrogens is 290 g/mol. The highest BCUT2D eigenvalue weighted by molar-refractivity contribution is 7.12. The largest absolute Gasteiger partial charge is 0.412 e. The van der Waals surface area contributed by atoms with Gasteiger partial charge in [-0.2, -0.15) is 0 Å². The zero-order valence-electron chi connectivity index (χ0n) is 11.6. The maximum atomic E-state index is 11.9. The molecule has 0 amide bonds. The first-order chi connectivity index (χ1) is 10.1. The van der Waals surface area contributed by atoms with Crippen LogP contribution in [0.4, 0.5) is 5.69 Å². The lowest BCUT2D eigenvalue weighted by Crippen LogP contribution is -2.07. The molecule has 21 heavy (non-hydrogen) atoms.